The average Bonchev–Trinajstić information content (AvgIpc) is 2.88. The Morgan fingerprint density at radius 2 is 2.21 bits per heavy atom. The molecule has 1 aliphatic rings. The van der Waals surface area contributed by atoms with Crippen molar-refractivity contribution < 1.29 is 13.2 Å². The number of likely N-dealkylation sites (N-methyl/N-ethyl adjacent to an activating group) is 1. The first-order valence-corrected chi connectivity index (χ1v) is 7.46. The number of benzene rings is 1. The van der Waals surface area contributed by atoms with Crippen molar-refractivity contribution in [1.29, 1.82) is 0 Å². The molecule has 6 nitrogen and oxygen atoms in total. The van der Waals surface area contributed by atoms with E-state index in [0.717, 1.165) is 6.42 Å². The van der Waals surface area contributed by atoms with E-state index >= 15 is 0 Å². The second-order valence-corrected chi connectivity index (χ2v) is 6.47. The van der Waals surface area contributed by atoms with Crippen LogP contribution in [0.25, 0.3) is 0 Å². The van der Waals surface area contributed by atoms with Gasteiger partial charge in [0.05, 0.1) is 4.90 Å². The maximum Gasteiger partial charge on any atom is 0.248 e. The lowest BCUT2D eigenvalue weighted by atomic mass is 10.2. The van der Waals surface area contributed by atoms with Crippen molar-refractivity contribution in [2.24, 2.45) is 5.73 Å². The zero-order valence-electron chi connectivity index (χ0n) is 10.7. The Morgan fingerprint density at radius 1 is 1.47 bits per heavy atom. The van der Waals surface area contributed by atoms with Crippen molar-refractivity contribution in [3.63, 3.8) is 0 Å². The Hall–Kier alpha value is -1.44. The molecular weight excluding hydrogens is 266 g/mol. The summed E-state index contributed by atoms with van der Waals surface area (Å²) in [6, 6.07) is 6.01. The van der Waals surface area contributed by atoms with Crippen molar-refractivity contribution in [2.75, 3.05) is 20.1 Å². The number of carbonyl (C=O) groups is 1. The van der Waals surface area contributed by atoms with Gasteiger partial charge in [-0.2, -0.15) is 4.31 Å². The number of rotatable bonds is 4. The zero-order valence-corrected chi connectivity index (χ0v) is 11.5. The van der Waals surface area contributed by atoms with Gasteiger partial charge in [0.25, 0.3) is 0 Å². The lowest BCUT2D eigenvalue weighted by Crippen LogP contribution is -2.33. The fourth-order valence-corrected chi connectivity index (χ4v) is 3.69. The topological polar surface area (TPSA) is 92.5 Å². The maximum atomic E-state index is 12.4. The van der Waals surface area contributed by atoms with Crippen molar-refractivity contribution in [2.45, 2.75) is 17.4 Å². The fourth-order valence-electron chi connectivity index (χ4n) is 2.14. The molecule has 2 rings (SSSR count). The molecule has 0 saturated carbocycles. The summed E-state index contributed by atoms with van der Waals surface area (Å²) >= 11 is 0. The van der Waals surface area contributed by atoms with Gasteiger partial charge in [0, 0.05) is 24.7 Å². The second kappa shape index (κ2) is 5.28. The lowest BCUT2D eigenvalue weighted by Gasteiger charge is -2.16. The molecule has 19 heavy (non-hydrogen) atoms. The first-order valence-electron chi connectivity index (χ1n) is 6.02. The van der Waals surface area contributed by atoms with E-state index in [9.17, 15) is 13.2 Å². The minimum absolute atomic E-state index is 0.112. The third-order valence-corrected chi connectivity index (χ3v) is 5.18. The quantitative estimate of drug-likeness (QED) is 0.798. The van der Waals surface area contributed by atoms with Gasteiger partial charge in [-0.05, 0) is 31.7 Å². The number of primary amides is 1. The molecule has 1 aromatic rings. The number of amides is 1. The average molecular weight is 283 g/mol. The SMILES string of the molecule is CNC1CCN(S(=O)(=O)c2cccc(C(N)=O)c2)C1. The molecule has 104 valence electrons. The Labute approximate surface area is 112 Å². The highest BCUT2D eigenvalue weighted by Gasteiger charge is 2.31. The van der Waals surface area contributed by atoms with E-state index in [4.69, 9.17) is 5.73 Å². The van der Waals surface area contributed by atoms with Gasteiger partial charge in [-0.15, -0.1) is 0 Å². The lowest BCUT2D eigenvalue weighted by molar-refractivity contribution is 0.1000. The summed E-state index contributed by atoms with van der Waals surface area (Å²) in [7, 11) is -1.74. The predicted octanol–water partition coefficient (Wildman–Crippen LogP) is -0.232. The van der Waals surface area contributed by atoms with Crippen LogP contribution in [0.1, 0.15) is 16.8 Å². The summed E-state index contributed by atoms with van der Waals surface area (Å²) in [6.07, 6.45) is 0.783. The molecule has 1 amide bonds. The normalized spacial score (nSPS) is 20.6. The highest BCUT2D eigenvalue weighted by Crippen LogP contribution is 2.21. The zero-order chi connectivity index (χ0) is 14.0. The standard InChI is InChI=1S/C12H17N3O3S/c1-14-10-5-6-15(8-10)19(17,18)11-4-2-3-9(7-11)12(13)16/h2-4,7,10,14H,5-6,8H2,1H3,(H2,13,16). The van der Waals surface area contributed by atoms with Crippen LogP contribution in [0, 0.1) is 0 Å². The minimum atomic E-state index is -3.55. The van der Waals surface area contributed by atoms with Gasteiger partial charge in [-0.25, -0.2) is 8.42 Å². The molecule has 1 unspecified atom stereocenters. The molecule has 1 aromatic carbocycles. The molecule has 0 radical (unpaired) electrons. The van der Waals surface area contributed by atoms with Crippen LogP contribution in [0.3, 0.4) is 0 Å². The summed E-state index contributed by atoms with van der Waals surface area (Å²) in [4.78, 5) is 11.2. The molecule has 1 atom stereocenters. The highest BCUT2D eigenvalue weighted by molar-refractivity contribution is 7.89. The minimum Gasteiger partial charge on any atom is -0.366 e. The van der Waals surface area contributed by atoms with Crippen LogP contribution in [0.4, 0.5) is 0 Å². The number of sulfonamides is 1. The third kappa shape index (κ3) is 2.78. The third-order valence-electron chi connectivity index (χ3n) is 3.32. The van der Waals surface area contributed by atoms with Crippen LogP contribution < -0.4 is 11.1 Å². The van der Waals surface area contributed by atoms with Crippen LogP contribution in [-0.4, -0.2) is 44.8 Å². The van der Waals surface area contributed by atoms with Gasteiger partial charge in [0.1, 0.15) is 0 Å². The molecule has 0 spiro atoms. The van der Waals surface area contributed by atoms with Gasteiger partial charge in [0.15, 0.2) is 0 Å². The smallest absolute Gasteiger partial charge is 0.248 e. The number of hydrogen-bond acceptors (Lipinski definition) is 4. The number of carbonyl (C=O) groups excluding carboxylic acids is 1. The van der Waals surface area contributed by atoms with E-state index in [1.807, 2.05) is 7.05 Å². The highest BCUT2D eigenvalue weighted by atomic mass is 32.2. The van der Waals surface area contributed by atoms with Crippen LogP contribution >= 0.6 is 0 Å². The van der Waals surface area contributed by atoms with Crippen LogP contribution in [-0.2, 0) is 10.0 Å². The Morgan fingerprint density at radius 3 is 2.79 bits per heavy atom. The summed E-state index contributed by atoms with van der Waals surface area (Å²) in [5.74, 6) is -0.633. The number of nitrogens with zero attached hydrogens (tertiary/aromatic N) is 1. The van der Waals surface area contributed by atoms with Gasteiger partial charge in [0.2, 0.25) is 15.9 Å². The molecular formula is C12H17N3O3S. The van der Waals surface area contributed by atoms with Crippen LogP contribution in [0.15, 0.2) is 29.2 Å². The summed E-state index contributed by atoms with van der Waals surface area (Å²) in [5.41, 5.74) is 5.37. The second-order valence-electron chi connectivity index (χ2n) is 4.53. The Balaban J connectivity index is 2.30. The Bertz CT molecular complexity index is 586. The number of hydrogen-bond donors (Lipinski definition) is 2. The largest absolute Gasteiger partial charge is 0.366 e. The first-order chi connectivity index (χ1) is 8.95. The summed E-state index contributed by atoms with van der Waals surface area (Å²) in [6.45, 7) is 0.925. The molecule has 0 aliphatic carbocycles. The van der Waals surface area contributed by atoms with Crippen molar-refractivity contribution in [3.8, 4) is 0 Å². The predicted molar refractivity (Wildman–Crippen MR) is 71.2 cm³/mol. The fraction of sp³-hybridized carbons (Fsp3) is 0.417. The molecule has 1 heterocycles. The molecule has 1 aliphatic heterocycles. The van der Waals surface area contributed by atoms with E-state index in [1.165, 1.54) is 28.6 Å². The van der Waals surface area contributed by atoms with Gasteiger partial charge in [-0.1, -0.05) is 6.07 Å². The van der Waals surface area contributed by atoms with Gasteiger partial charge >= 0.3 is 0 Å². The van der Waals surface area contributed by atoms with Crippen molar-refractivity contribution in [3.05, 3.63) is 29.8 Å². The van der Waals surface area contributed by atoms with E-state index in [0.29, 0.717) is 13.1 Å². The first kappa shape index (κ1) is 14.0. The van der Waals surface area contributed by atoms with Crippen molar-refractivity contribution in [1.82, 2.24) is 9.62 Å². The molecule has 0 bridgehead atoms. The van der Waals surface area contributed by atoms with Gasteiger partial charge in [-0.3, -0.25) is 4.79 Å². The summed E-state index contributed by atoms with van der Waals surface area (Å²) in [5, 5.41) is 3.07. The van der Waals surface area contributed by atoms with E-state index in [-0.39, 0.29) is 16.5 Å². The Kier molecular flexibility index (Phi) is 3.88. The number of nitrogens with one attached hydrogen (secondary N) is 1. The monoisotopic (exact) mass is 283 g/mol. The van der Waals surface area contributed by atoms with E-state index in [2.05, 4.69) is 5.32 Å². The van der Waals surface area contributed by atoms with Crippen LogP contribution in [0.2, 0.25) is 0 Å². The number of nitrogens with two attached hydrogens (primary N) is 1. The molecule has 1 saturated heterocycles. The van der Waals surface area contributed by atoms with Gasteiger partial charge < -0.3 is 11.1 Å². The molecule has 1 fully saturated rings. The maximum absolute atomic E-state index is 12.4. The van der Waals surface area contributed by atoms with Crippen molar-refractivity contribution >= 4 is 15.9 Å². The molecule has 0 aromatic heterocycles. The van der Waals surface area contributed by atoms with Crippen LogP contribution in [0.5, 0.6) is 0 Å². The van der Waals surface area contributed by atoms with E-state index < -0.39 is 15.9 Å². The molecule has 7 heteroatoms. The summed E-state index contributed by atoms with van der Waals surface area (Å²) < 4.78 is 26.3. The van der Waals surface area contributed by atoms with E-state index in [1.54, 1.807) is 0 Å². The molecule has 3 N–H and O–H groups in total.